The summed E-state index contributed by atoms with van der Waals surface area (Å²) in [5.41, 5.74) is 4.55. The fourth-order valence-corrected chi connectivity index (χ4v) is 3.69. The van der Waals surface area contributed by atoms with Crippen molar-refractivity contribution < 1.29 is 13.9 Å². The zero-order valence-electron chi connectivity index (χ0n) is 17.5. The summed E-state index contributed by atoms with van der Waals surface area (Å²) in [6.07, 6.45) is 9.20. The van der Waals surface area contributed by atoms with Gasteiger partial charge in [-0.3, -0.25) is 14.8 Å². The molecule has 31 heavy (non-hydrogen) atoms. The van der Waals surface area contributed by atoms with Crippen molar-refractivity contribution in [2.45, 2.75) is 19.8 Å². The van der Waals surface area contributed by atoms with E-state index in [1.807, 2.05) is 19.1 Å². The van der Waals surface area contributed by atoms with E-state index in [1.54, 1.807) is 42.7 Å². The number of rotatable bonds is 7. The molecule has 0 spiro atoms. The maximum absolute atomic E-state index is 13.7. The maximum atomic E-state index is 13.7. The van der Waals surface area contributed by atoms with Gasteiger partial charge in [0.2, 0.25) is 5.88 Å². The number of carbonyl (C=O) groups is 1. The predicted octanol–water partition coefficient (Wildman–Crippen LogP) is 4.53. The smallest absolute Gasteiger partial charge is 0.273 e. The van der Waals surface area contributed by atoms with Gasteiger partial charge in [0.25, 0.3) is 5.91 Å². The molecule has 0 aromatic carbocycles. The summed E-state index contributed by atoms with van der Waals surface area (Å²) >= 11 is 0. The maximum Gasteiger partial charge on any atom is 0.273 e. The molecule has 7 heteroatoms. The normalized spacial score (nSPS) is 14.8. The van der Waals surface area contributed by atoms with Crippen LogP contribution in [0.15, 0.2) is 77.0 Å². The van der Waals surface area contributed by atoms with Crippen LogP contribution >= 0.6 is 0 Å². The number of aliphatic imine (C=N–C) groups is 1. The molecule has 0 unspecified atom stereocenters. The number of nitrogens with zero attached hydrogens (tertiary/aromatic N) is 4. The summed E-state index contributed by atoms with van der Waals surface area (Å²) < 4.78 is 18.8. The fraction of sp³-hybridized carbons (Fsp3) is 0.250. The van der Waals surface area contributed by atoms with Crippen LogP contribution in [-0.4, -0.2) is 46.7 Å². The minimum atomic E-state index is -0.239. The van der Waals surface area contributed by atoms with Gasteiger partial charge in [0.1, 0.15) is 11.5 Å². The van der Waals surface area contributed by atoms with Crippen molar-refractivity contribution in [3.63, 3.8) is 0 Å². The van der Waals surface area contributed by atoms with Crippen LogP contribution in [0.3, 0.4) is 0 Å². The van der Waals surface area contributed by atoms with Gasteiger partial charge in [0.05, 0.1) is 12.8 Å². The van der Waals surface area contributed by atoms with E-state index < -0.39 is 0 Å². The quantitative estimate of drug-likeness (QED) is 0.663. The van der Waals surface area contributed by atoms with Crippen LogP contribution in [-0.2, 0) is 0 Å². The van der Waals surface area contributed by atoms with E-state index in [-0.39, 0.29) is 11.7 Å². The average molecular weight is 418 g/mol. The largest absolute Gasteiger partial charge is 0.481 e. The monoisotopic (exact) mass is 418 g/mol. The van der Waals surface area contributed by atoms with Gasteiger partial charge in [-0.2, -0.15) is 0 Å². The number of hydrogen-bond acceptors (Lipinski definition) is 5. The summed E-state index contributed by atoms with van der Waals surface area (Å²) in [5, 5.41) is 0. The minimum Gasteiger partial charge on any atom is -0.481 e. The Hall–Kier alpha value is -3.61. The van der Waals surface area contributed by atoms with Gasteiger partial charge >= 0.3 is 0 Å². The Balaban J connectivity index is 1.51. The highest BCUT2D eigenvalue weighted by Gasteiger charge is 2.24. The van der Waals surface area contributed by atoms with Crippen LogP contribution in [0.5, 0.6) is 5.88 Å². The van der Waals surface area contributed by atoms with Crippen molar-refractivity contribution in [2.75, 3.05) is 20.2 Å². The average Bonchev–Trinajstić information content (AvgIpc) is 3.21. The van der Waals surface area contributed by atoms with Gasteiger partial charge in [-0.1, -0.05) is 6.07 Å². The molecule has 3 heterocycles. The van der Waals surface area contributed by atoms with Crippen molar-refractivity contribution in [3.05, 3.63) is 77.7 Å². The summed E-state index contributed by atoms with van der Waals surface area (Å²) in [7, 11) is 1.56. The number of pyridine rings is 2. The minimum absolute atomic E-state index is 0.155. The lowest BCUT2D eigenvalue weighted by atomic mass is 9.95. The van der Waals surface area contributed by atoms with E-state index in [0.29, 0.717) is 43.1 Å². The second-order valence-electron chi connectivity index (χ2n) is 7.20. The molecule has 6 nitrogen and oxygen atoms in total. The number of methoxy groups -OCH3 is 1. The molecule has 2 aromatic rings. The number of aromatic nitrogens is 2. The molecule has 1 amide bonds. The molecule has 0 atom stereocenters. The third-order valence-electron chi connectivity index (χ3n) is 5.39. The molecular formula is C24H23FN4O2. The van der Waals surface area contributed by atoms with Crippen LogP contribution in [0.4, 0.5) is 4.39 Å². The first-order valence-electron chi connectivity index (χ1n) is 10.2. The topological polar surface area (TPSA) is 67.7 Å². The summed E-state index contributed by atoms with van der Waals surface area (Å²) in [4.78, 5) is 28.1. The SMILES string of the molecule is CCN(CCC1=CN=C2CC=C(F)C=C12)C(=O)c1ncccc1-c1ccc(OC)nc1. The van der Waals surface area contributed by atoms with Gasteiger partial charge in [0.15, 0.2) is 0 Å². The second kappa shape index (κ2) is 9.04. The zero-order chi connectivity index (χ0) is 21.8. The van der Waals surface area contributed by atoms with Crippen molar-refractivity contribution in [1.29, 1.82) is 0 Å². The third kappa shape index (κ3) is 4.30. The highest BCUT2D eigenvalue weighted by molar-refractivity contribution is 6.08. The molecule has 0 saturated carbocycles. The summed E-state index contributed by atoms with van der Waals surface area (Å²) in [5.74, 6) is 0.110. The number of ether oxygens (including phenoxy) is 1. The molecule has 0 radical (unpaired) electrons. The standard InChI is InChI=1S/C24H23FN4O2/c1-3-29(12-10-17-14-27-21-8-7-18(25)13-20(17)21)24(30)23-19(5-4-11-26-23)16-6-9-22(31-2)28-15-16/h4-7,9,11,13-15H,3,8,10,12H2,1-2H3. The highest BCUT2D eigenvalue weighted by atomic mass is 19.1. The van der Waals surface area contributed by atoms with Crippen molar-refractivity contribution in [1.82, 2.24) is 14.9 Å². The molecule has 2 aromatic heterocycles. The van der Waals surface area contributed by atoms with E-state index in [2.05, 4.69) is 15.0 Å². The Kier molecular flexibility index (Phi) is 6.02. The Labute approximate surface area is 180 Å². The van der Waals surface area contributed by atoms with E-state index in [4.69, 9.17) is 4.74 Å². The lowest BCUT2D eigenvalue weighted by molar-refractivity contribution is 0.0761. The Morgan fingerprint density at radius 3 is 2.87 bits per heavy atom. The van der Waals surface area contributed by atoms with E-state index in [0.717, 1.165) is 22.4 Å². The molecule has 4 rings (SSSR count). The van der Waals surface area contributed by atoms with Gasteiger partial charge in [0, 0.05) is 60.9 Å². The van der Waals surface area contributed by atoms with Crippen molar-refractivity contribution in [2.24, 2.45) is 4.99 Å². The highest BCUT2D eigenvalue weighted by Crippen LogP contribution is 2.30. The Bertz CT molecular complexity index is 1120. The van der Waals surface area contributed by atoms with Gasteiger partial charge < -0.3 is 9.64 Å². The molecule has 2 aliphatic rings. The Morgan fingerprint density at radius 2 is 2.13 bits per heavy atom. The van der Waals surface area contributed by atoms with Crippen molar-refractivity contribution >= 4 is 11.6 Å². The van der Waals surface area contributed by atoms with E-state index >= 15 is 0 Å². The second-order valence-corrected chi connectivity index (χ2v) is 7.20. The fourth-order valence-electron chi connectivity index (χ4n) is 3.69. The number of hydrogen-bond donors (Lipinski definition) is 0. The van der Waals surface area contributed by atoms with E-state index in [9.17, 15) is 9.18 Å². The Morgan fingerprint density at radius 1 is 1.26 bits per heavy atom. The number of amides is 1. The molecule has 0 bridgehead atoms. The van der Waals surface area contributed by atoms with Crippen LogP contribution in [0.25, 0.3) is 11.1 Å². The predicted molar refractivity (Wildman–Crippen MR) is 118 cm³/mol. The molecule has 158 valence electrons. The number of carbonyl (C=O) groups excluding carboxylic acids is 1. The molecule has 1 aliphatic heterocycles. The molecule has 0 N–H and O–H groups in total. The van der Waals surface area contributed by atoms with Crippen molar-refractivity contribution in [3.8, 4) is 17.0 Å². The summed E-state index contributed by atoms with van der Waals surface area (Å²) in [6.45, 7) is 2.95. The lowest BCUT2D eigenvalue weighted by Gasteiger charge is -2.22. The molecule has 0 saturated heterocycles. The third-order valence-corrected chi connectivity index (χ3v) is 5.39. The first-order valence-corrected chi connectivity index (χ1v) is 10.2. The molecule has 0 fully saturated rings. The summed E-state index contributed by atoms with van der Waals surface area (Å²) in [6, 6.07) is 7.27. The number of allylic oxidation sites excluding steroid dienone is 4. The number of halogens is 1. The van der Waals surface area contributed by atoms with Gasteiger partial charge in [-0.25, -0.2) is 9.37 Å². The van der Waals surface area contributed by atoms with E-state index in [1.165, 1.54) is 12.2 Å². The van der Waals surface area contributed by atoms with Crippen LogP contribution in [0, 0.1) is 0 Å². The zero-order valence-corrected chi connectivity index (χ0v) is 17.5. The van der Waals surface area contributed by atoms with Crippen LogP contribution < -0.4 is 4.74 Å². The van der Waals surface area contributed by atoms with Gasteiger partial charge in [-0.05, 0) is 43.2 Å². The number of fused-ring (bicyclic) bond motifs is 1. The van der Waals surface area contributed by atoms with Crippen LogP contribution in [0.1, 0.15) is 30.3 Å². The van der Waals surface area contributed by atoms with Gasteiger partial charge in [-0.15, -0.1) is 0 Å². The first-order chi connectivity index (χ1) is 15.1. The molecule has 1 aliphatic carbocycles. The van der Waals surface area contributed by atoms with Crippen LogP contribution in [0.2, 0.25) is 0 Å². The molecular weight excluding hydrogens is 395 g/mol. The lowest BCUT2D eigenvalue weighted by Crippen LogP contribution is -2.33. The first kappa shape index (κ1) is 20.7.